The van der Waals surface area contributed by atoms with Crippen molar-refractivity contribution in [3.8, 4) is 0 Å². The molecule has 0 aliphatic carbocycles. The number of imide groups is 2. The van der Waals surface area contributed by atoms with Gasteiger partial charge in [-0.05, 0) is 52.0 Å². The van der Waals surface area contributed by atoms with Gasteiger partial charge >= 0.3 is 0 Å². The molecule has 2 heterocycles. The van der Waals surface area contributed by atoms with Gasteiger partial charge in [0.15, 0.2) is 0 Å². The van der Waals surface area contributed by atoms with Crippen LogP contribution in [-0.2, 0) is 18.9 Å². The van der Waals surface area contributed by atoms with Gasteiger partial charge in [0.05, 0.1) is 60.8 Å². The number of ether oxygens (including phenoxy) is 4. The van der Waals surface area contributed by atoms with Gasteiger partial charge in [0.2, 0.25) is 0 Å². The number of carbonyl (C=O) groups excluding carboxylic acids is 4. The van der Waals surface area contributed by atoms with Gasteiger partial charge in [0.25, 0.3) is 23.6 Å². The van der Waals surface area contributed by atoms with Crippen LogP contribution in [0.2, 0.25) is 0 Å². The first-order chi connectivity index (χ1) is 18.7. The van der Waals surface area contributed by atoms with Gasteiger partial charge in [-0.3, -0.25) is 29.0 Å². The lowest BCUT2D eigenvalue weighted by molar-refractivity contribution is -0.154. The molecule has 0 saturated heterocycles. The van der Waals surface area contributed by atoms with Gasteiger partial charge in [-0.15, -0.1) is 0 Å². The molecule has 2 unspecified atom stereocenters. The summed E-state index contributed by atoms with van der Waals surface area (Å²) in [7, 11) is 0. The first-order valence-electron chi connectivity index (χ1n) is 13.0. The molecule has 0 radical (unpaired) electrons. The molecule has 10 nitrogen and oxygen atoms in total. The maximum atomic E-state index is 12.9. The first kappa shape index (κ1) is 28.6. The summed E-state index contributed by atoms with van der Waals surface area (Å²) in [5, 5.41) is 0. The van der Waals surface area contributed by atoms with Crippen molar-refractivity contribution >= 4 is 23.6 Å². The van der Waals surface area contributed by atoms with Crippen molar-refractivity contribution in [1.29, 1.82) is 0 Å². The molecule has 0 spiro atoms. The summed E-state index contributed by atoms with van der Waals surface area (Å²) in [6, 6.07) is 13.3. The molecule has 0 bridgehead atoms. The van der Waals surface area contributed by atoms with Crippen LogP contribution in [0.3, 0.4) is 0 Å². The Hall–Kier alpha value is -3.44. The van der Waals surface area contributed by atoms with E-state index in [1.807, 2.05) is 27.7 Å². The second kappa shape index (κ2) is 12.6. The lowest BCUT2D eigenvalue weighted by Gasteiger charge is -2.27. The number of hydrogen-bond acceptors (Lipinski definition) is 8. The highest BCUT2D eigenvalue weighted by Gasteiger charge is 2.38. The molecule has 2 aliphatic heterocycles. The number of amides is 4. The van der Waals surface area contributed by atoms with Crippen molar-refractivity contribution < 1.29 is 38.1 Å². The summed E-state index contributed by atoms with van der Waals surface area (Å²) >= 11 is 0. The summed E-state index contributed by atoms with van der Waals surface area (Å²) < 4.78 is 23.3. The van der Waals surface area contributed by atoms with Crippen molar-refractivity contribution in [3.05, 3.63) is 70.8 Å². The topological polar surface area (TPSA) is 112 Å². The number of fused-ring (bicyclic) bond motifs is 2. The highest BCUT2D eigenvalue weighted by molar-refractivity contribution is 6.22. The van der Waals surface area contributed by atoms with Crippen LogP contribution in [0.25, 0.3) is 0 Å². The van der Waals surface area contributed by atoms with Crippen LogP contribution < -0.4 is 0 Å². The molecule has 2 aromatic carbocycles. The quantitative estimate of drug-likeness (QED) is 0.266. The molecular formula is C29H34N2O8. The van der Waals surface area contributed by atoms with E-state index in [0.717, 1.165) is 9.80 Å². The van der Waals surface area contributed by atoms with E-state index in [2.05, 4.69) is 0 Å². The predicted octanol–water partition coefficient (Wildman–Crippen LogP) is 3.16. The number of rotatable bonds is 14. The molecule has 2 aromatic rings. The van der Waals surface area contributed by atoms with Gasteiger partial charge in [-0.25, -0.2) is 0 Å². The predicted molar refractivity (Wildman–Crippen MR) is 140 cm³/mol. The fourth-order valence-corrected chi connectivity index (χ4v) is 4.36. The van der Waals surface area contributed by atoms with Crippen molar-refractivity contribution in [1.82, 2.24) is 9.80 Å². The maximum Gasteiger partial charge on any atom is 0.261 e. The highest BCUT2D eigenvalue weighted by Crippen LogP contribution is 2.24. The monoisotopic (exact) mass is 538 g/mol. The molecule has 0 aromatic heterocycles. The highest BCUT2D eigenvalue weighted by atomic mass is 16.7. The molecule has 0 fully saturated rings. The SMILES string of the molecule is CC(C)OCC(CN1C(=O)c2ccccc2C1=O)OCOC(COC(C)C)CN1C(=O)c2ccccc2C1=O. The van der Waals surface area contributed by atoms with Crippen LogP contribution in [0.15, 0.2) is 48.5 Å². The second-order valence-electron chi connectivity index (χ2n) is 9.99. The fraction of sp³-hybridized carbons (Fsp3) is 0.448. The average molecular weight is 539 g/mol. The third-order valence-electron chi connectivity index (χ3n) is 6.37. The number of hydrogen-bond donors (Lipinski definition) is 0. The van der Waals surface area contributed by atoms with E-state index < -0.39 is 12.2 Å². The Morgan fingerprint density at radius 1 is 0.538 bits per heavy atom. The standard InChI is InChI=1S/C29H34N2O8/c1-18(2)36-15-20(13-30-26(32)22-9-5-6-10-23(22)27(30)33)38-17-39-21(16-37-19(3)4)14-31-28(34)24-11-7-8-12-25(24)29(31)35/h5-12,18-21H,13-17H2,1-4H3. The molecule has 39 heavy (non-hydrogen) atoms. The minimum Gasteiger partial charge on any atom is -0.376 e. The van der Waals surface area contributed by atoms with Crippen molar-refractivity contribution in [2.24, 2.45) is 0 Å². The number of benzene rings is 2. The molecule has 0 saturated carbocycles. The fourth-order valence-electron chi connectivity index (χ4n) is 4.36. The lowest BCUT2D eigenvalue weighted by atomic mass is 10.1. The van der Waals surface area contributed by atoms with Gasteiger partial charge in [0.1, 0.15) is 19.0 Å². The zero-order valence-corrected chi connectivity index (χ0v) is 22.6. The van der Waals surface area contributed by atoms with E-state index in [1.165, 1.54) is 0 Å². The van der Waals surface area contributed by atoms with Crippen LogP contribution in [0.4, 0.5) is 0 Å². The second-order valence-corrected chi connectivity index (χ2v) is 9.99. The van der Waals surface area contributed by atoms with Gasteiger partial charge in [0, 0.05) is 0 Å². The van der Waals surface area contributed by atoms with Crippen molar-refractivity contribution in [2.45, 2.75) is 52.1 Å². The zero-order chi connectivity index (χ0) is 28.1. The maximum absolute atomic E-state index is 12.9. The molecule has 0 N–H and O–H groups in total. The third-order valence-corrected chi connectivity index (χ3v) is 6.37. The normalized spacial score (nSPS) is 16.5. The van der Waals surface area contributed by atoms with Crippen LogP contribution in [0.1, 0.15) is 69.1 Å². The Labute approximate surface area is 227 Å². The van der Waals surface area contributed by atoms with E-state index in [1.54, 1.807) is 48.5 Å². The van der Waals surface area contributed by atoms with E-state index in [4.69, 9.17) is 18.9 Å². The lowest BCUT2D eigenvalue weighted by Crippen LogP contribution is -2.43. The molecule has 4 rings (SSSR count). The molecule has 4 amide bonds. The average Bonchev–Trinajstić information content (AvgIpc) is 3.30. The summed E-state index contributed by atoms with van der Waals surface area (Å²) in [6.45, 7) is 7.47. The van der Waals surface area contributed by atoms with E-state index in [0.29, 0.717) is 22.3 Å². The van der Waals surface area contributed by atoms with Crippen LogP contribution in [0, 0.1) is 0 Å². The summed E-state index contributed by atoms with van der Waals surface area (Å²) in [6.07, 6.45) is -1.53. The molecule has 10 heteroatoms. The van der Waals surface area contributed by atoms with Crippen LogP contribution >= 0.6 is 0 Å². The van der Waals surface area contributed by atoms with Crippen molar-refractivity contribution in [3.63, 3.8) is 0 Å². The minimum atomic E-state index is -0.666. The van der Waals surface area contributed by atoms with Gasteiger partial charge < -0.3 is 18.9 Å². The summed E-state index contributed by atoms with van der Waals surface area (Å²) in [5.41, 5.74) is 1.42. The number of nitrogens with zero attached hydrogens (tertiary/aromatic N) is 2. The first-order valence-corrected chi connectivity index (χ1v) is 13.0. The molecule has 2 aliphatic rings. The molecule has 2 atom stereocenters. The largest absolute Gasteiger partial charge is 0.376 e. The van der Waals surface area contributed by atoms with E-state index >= 15 is 0 Å². The molecular weight excluding hydrogens is 504 g/mol. The van der Waals surface area contributed by atoms with Gasteiger partial charge in [-0.2, -0.15) is 0 Å². The van der Waals surface area contributed by atoms with Crippen LogP contribution in [-0.4, -0.2) is 90.9 Å². The summed E-state index contributed by atoms with van der Waals surface area (Å²) in [4.78, 5) is 53.7. The minimum absolute atomic E-state index is 0.0198. The van der Waals surface area contributed by atoms with E-state index in [9.17, 15) is 19.2 Å². The third kappa shape index (κ3) is 6.59. The zero-order valence-electron chi connectivity index (χ0n) is 22.6. The Kier molecular flexibility index (Phi) is 9.24. The summed E-state index contributed by atoms with van der Waals surface area (Å²) in [5.74, 6) is -1.54. The van der Waals surface area contributed by atoms with Crippen LogP contribution in [0.5, 0.6) is 0 Å². The Morgan fingerprint density at radius 2 is 0.846 bits per heavy atom. The van der Waals surface area contributed by atoms with Gasteiger partial charge in [-0.1, -0.05) is 24.3 Å². The number of carbonyl (C=O) groups is 4. The Balaban J connectivity index is 1.40. The van der Waals surface area contributed by atoms with Crippen molar-refractivity contribution in [2.75, 3.05) is 33.1 Å². The Morgan fingerprint density at radius 3 is 1.13 bits per heavy atom. The van der Waals surface area contributed by atoms with E-state index in [-0.39, 0.29) is 68.9 Å². The smallest absolute Gasteiger partial charge is 0.261 e. The Bertz CT molecular complexity index is 1060. The molecule has 208 valence electrons.